The number of benzene rings is 1. The maximum atomic E-state index is 15.3. The Labute approximate surface area is 216 Å². The molecule has 3 fully saturated rings. The standard InChI is InChI=1S/C30H44FNO4/c1-7-22-14-23(27(33)32-10-8-9-25(32)28(34)36-29(3,4)5)24(31)15-26(22)35-18-30(6)16-20-11-19(2)12-21(13-20)17-30/h14-15,19-21,25H,7-13,16-18H2,1-6H3. The van der Waals surface area contributed by atoms with Crippen molar-refractivity contribution < 1.29 is 23.5 Å². The highest BCUT2D eigenvalue weighted by Crippen LogP contribution is 2.50. The average molecular weight is 502 g/mol. The molecule has 3 atom stereocenters. The van der Waals surface area contributed by atoms with E-state index in [9.17, 15) is 9.59 Å². The molecule has 1 heterocycles. The molecule has 1 amide bonds. The van der Waals surface area contributed by atoms with E-state index in [4.69, 9.17) is 9.47 Å². The summed E-state index contributed by atoms with van der Waals surface area (Å²) in [5.74, 6) is 1.40. The maximum Gasteiger partial charge on any atom is 0.329 e. The highest BCUT2D eigenvalue weighted by molar-refractivity contribution is 5.97. The Bertz CT molecular complexity index is 966. The van der Waals surface area contributed by atoms with Crippen LogP contribution in [-0.2, 0) is 16.0 Å². The Morgan fingerprint density at radius 2 is 1.81 bits per heavy atom. The molecule has 1 aromatic carbocycles. The van der Waals surface area contributed by atoms with E-state index in [1.165, 1.54) is 30.2 Å². The first-order valence-corrected chi connectivity index (χ1v) is 13.9. The number of carbonyl (C=O) groups excluding carboxylic acids is 2. The molecule has 4 rings (SSSR count). The molecule has 3 aliphatic rings. The van der Waals surface area contributed by atoms with Crippen LogP contribution in [0.5, 0.6) is 5.75 Å². The smallest absolute Gasteiger partial charge is 0.329 e. The monoisotopic (exact) mass is 501 g/mol. The molecule has 6 heteroatoms. The Hall–Kier alpha value is -2.11. The summed E-state index contributed by atoms with van der Waals surface area (Å²) in [6.07, 6.45) is 8.13. The Morgan fingerprint density at radius 3 is 2.42 bits per heavy atom. The molecule has 1 aliphatic heterocycles. The predicted molar refractivity (Wildman–Crippen MR) is 139 cm³/mol. The highest BCUT2D eigenvalue weighted by atomic mass is 19.1. The lowest BCUT2D eigenvalue weighted by Gasteiger charge is -2.47. The molecule has 200 valence electrons. The van der Waals surface area contributed by atoms with Gasteiger partial charge in [0.15, 0.2) is 0 Å². The van der Waals surface area contributed by atoms with Gasteiger partial charge in [0.1, 0.15) is 23.2 Å². The first kappa shape index (κ1) is 26.9. The van der Waals surface area contributed by atoms with Crippen LogP contribution in [0.1, 0.15) is 102 Å². The SMILES string of the molecule is CCc1cc(C(=O)N2CCCC2C(=O)OC(C)(C)C)c(F)cc1OCC1(C)CC2CC(C)CC(C2)C1. The van der Waals surface area contributed by atoms with E-state index in [-0.39, 0.29) is 11.0 Å². The van der Waals surface area contributed by atoms with Gasteiger partial charge in [-0.2, -0.15) is 0 Å². The van der Waals surface area contributed by atoms with Gasteiger partial charge in [0.25, 0.3) is 5.91 Å². The number of ether oxygens (including phenoxy) is 2. The second-order valence-electron chi connectivity index (χ2n) is 13.0. The lowest BCUT2D eigenvalue weighted by molar-refractivity contribution is -0.159. The summed E-state index contributed by atoms with van der Waals surface area (Å²) >= 11 is 0. The topological polar surface area (TPSA) is 55.8 Å². The van der Waals surface area contributed by atoms with E-state index in [0.29, 0.717) is 38.2 Å². The van der Waals surface area contributed by atoms with Crippen molar-refractivity contribution in [3.63, 3.8) is 0 Å². The van der Waals surface area contributed by atoms with Gasteiger partial charge in [-0.3, -0.25) is 4.79 Å². The average Bonchev–Trinajstić information content (AvgIpc) is 3.25. The summed E-state index contributed by atoms with van der Waals surface area (Å²) in [4.78, 5) is 27.5. The molecule has 3 unspecified atom stereocenters. The zero-order valence-electron chi connectivity index (χ0n) is 23.0. The minimum Gasteiger partial charge on any atom is -0.493 e. The number of amides is 1. The van der Waals surface area contributed by atoms with Crippen molar-refractivity contribution in [1.29, 1.82) is 0 Å². The van der Waals surface area contributed by atoms with Gasteiger partial charge in [-0.25, -0.2) is 9.18 Å². The molecule has 5 nitrogen and oxygen atoms in total. The molecular weight excluding hydrogens is 457 g/mol. The van der Waals surface area contributed by atoms with Gasteiger partial charge >= 0.3 is 5.97 Å². The van der Waals surface area contributed by atoms with Crippen LogP contribution >= 0.6 is 0 Å². The number of hydrogen-bond donors (Lipinski definition) is 0. The van der Waals surface area contributed by atoms with Crippen LogP contribution in [0.2, 0.25) is 0 Å². The van der Waals surface area contributed by atoms with Crippen LogP contribution in [0.4, 0.5) is 4.39 Å². The number of halogens is 1. The second-order valence-corrected chi connectivity index (χ2v) is 13.0. The van der Waals surface area contributed by atoms with Crippen LogP contribution in [0.3, 0.4) is 0 Å². The first-order chi connectivity index (χ1) is 16.9. The number of esters is 1. The van der Waals surface area contributed by atoms with Gasteiger partial charge < -0.3 is 14.4 Å². The summed E-state index contributed by atoms with van der Waals surface area (Å²) in [5, 5.41) is 0. The Balaban J connectivity index is 1.47. The van der Waals surface area contributed by atoms with Crippen molar-refractivity contribution in [2.24, 2.45) is 23.2 Å². The largest absolute Gasteiger partial charge is 0.493 e. The lowest BCUT2D eigenvalue weighted by atomic mass is 9.60. The van der Waals surface area contributed by atoms with Gasteiger partial charge in [0.2, 0.25) is 0 Å². The summed E-state index contributed by atoms with van der Waals surface area (Å²) in [7, 11) is 0. The highest BCUT2D eigenvalue weighted by Gasteiger charge is 2.42. The lowest BCUT2D eigenvalue weighted by Crippen LogP contribution is -2.43. The number of fused-ring (bicyclic) bond motifs is 2. The summed E-state index contributed by atoms with van der Waals surface area (Å²) < 4.78 is 27.1. The van der Waals surface area contributed by atoms with Crippen molar-refractivity contribution in [2.45, 2.75) is 105 Å². The van der Waals surface area contributed by atoms with Crippen molar-refractivity contribution in [3.05, 3.63) is 29.1 Å². The summed E-state index contributed by atoms with van der Waals surface area (Å²) in [6.45, 7) is 13.1. The fourth-order valence-electron chi connectivity index (χ4n) is 7.03. The maximum absolute atomic E-state index is 15.3. The molecule has 0 N–H and O–H groups in total. The number of nitrogens with zero attached hydrogens (tertiary/aromatic N) is 1. The molecule has 2 bridgehead atoms. The Kier molecular flexibility index (Phi) is 7.73. The molecule has 0 spiro atoms. The normalized spacial score (nSPS) is 30.2. The molecule has 2 aliphatic carbocycles. The first-order valence-electron chi connectivity index (χ1n) is 13.9. The van der Waals surface area contributed by atoms with E-state index in [0.717, 1.165) is 36.2 Å². The third-order valence-corrected chi connectivity index (χ3v) is 8.23. The molecule has 1 aromatic rings. The minimum absolute atomic E-state index is 0.00190. The third-order valence-electron chi connectivity index (χ3n) is 8.23. The van der Waals surface area contributed by atoms with E-state index in [2.05, 4.69) is 13.8 Å². The molecular formula is C30H44FNO4. The van der Waals surface area contributed by atoms with Gasteiger partial charge in [-0.1, -0.05) is 20.8 Å². The van der Waals surface area contributed by atoms with Crippen molar-refractivity contribution in [1.82, 2.24) is 4.90 Å². The number of rotatable bonds is 6. The van der Waals surface area contributed by atoms with Crippen LogP contribution in [0.25, 0.3) is 0 Å². The van der Waals surface area contributed by atoms with Crippen molar-refractivity contribution >= 4 is 11.9 Å². The number of aryl methyl sites for hydroxylation is 1. The fourth-order valence-corrected chi connectivity index (χ4v) is 7.03. The van der Waals surface area contributed by atoms with Crippen LogP contribution in [0.15, 0.2) is 12.1 Å². The molecule has 0 aromatic heterocycles. The van der Waals surface area contributed by atoms with Crippen LogP contribution < -0.4 is 4.74 Å². The van der Waals surface area contributed by atoms with Crippen LogP contribution in [0, 0.1) is 29.0 Å². The quantitative estimate of drug-likeness (QED) is 0.414. The van der Waals surface area contributed by atoms with Crippen molar-refractivity contribution in [3.8, 4) is 5.75 Å². The van der Waals surface area contributed by atoms with E-state index < -0.39 is 29.3 Å². The second kappa shape index (κ2) is 10.3. The molecule has 0 radical (unpaired) electrons. The fraction of sp³-hybridized carbons (Fsp3) is 0.733. The zero-order valence-corrected chi connectivity index (χ0v) is 23.0. The van der Waals surface area contributed by atoms with Crippen molar-refractivity contribution in [2.75, 3.05) is 13.2 Å². The number of likely N-dealkylation sites (tertiary alicyclic amines) is 1. The minimum atomic E-state index is -0.675. The van der Waals surface area contributed by atoms with E-state index in [1.807, 2.05) is 6.92 Å². The van der Waals surface area contributed by atoms with Gasteiger partial charge in [-0.15, -0.1) is 0 Å². The number of hydrogen-bond acceptors (Lipinski definition) is 4. The van der Waals surface area contributed by atoms with E-state index >= 15 is 4.39 Å². The zero-order chi connectivity index (χ0) is 26.3. The Morgan fingerprint density at radius 1 is 1.14 bits per heavy atom. The number of carbonyl (C=O) groups is 2. The molecule has 2 saturated carbocycles. The molecule has 36 heavy (non-hydrogen) atoms. The third kappa shape index (κ3) is 6.06. The van der Waals surface area contributed by atoms with Crippen LogP contribution in [-0.4, -0.2) is 41.6 Å². The van der Waals surface area contributed by atoms with Gasteiger partial charge in [0.05, 0.1) is 12.2 Å². The van der Waals surface area contributed by atoms with E-state index in [1.54, 1.807) is 26.8 Å². The molecule has 1 saturated heterocycles. The van der Waals surface area contributed by atoms with Gasteiger partial charge in [-0.05, 0) is 102 Å². The summed E-state index contributed by atoms with van der Waals surface area (Å²) in [5.41, 5.74) is 0.280. The summed E-state index contributed by atoms with van der Waals surface area (Å²) in [6, 6.07) is 2.32. The predicted octanol–water partition coefficient (Wildman–Crippen LogP) is 6.57. The van der Waals surface area contributed by atoms with Gasteiger partial charge in [0, 0.05) is 18.0 Å².